The van der Waals surface area contributed by atoms with Crippen molar-refractivity contribution in [2.75, 3.05) is 11.5 Å². The quantitative estimate of drug-likeness (QED) is 0.533. The third-order valence-electron chi connectivity index (χ3n) is 1.97. The molecule has 100 valence electrons. The summed E-state index contributed by atoms with van der Waals surface area (Å²) in [6.07, 6.45) is -1.44. The molecule has 18 heavy (non-hydrogen) atoms. The van der Waals surface area contributed by atoms with Crippen LogP contribution in [-0.4, -0.2) is 45.9 Å². The Labute approximate surface area is 112 Å². The zero-order chi connectivity index (χ0) is 13.7. The van der Waals surface area contributed by atoms with Crippen LogP contribution in [0.15, 0.2) is 0 Å². The summed E-state index contributed by atoms with van der Waals surface area (Å²) in [5.74, 6) is -0.852. The van der Waals surface area contributed by atoms with E-state index in [1.54, 1.807) is 0 Å². The Hall–Kier alpha value is -1.02. The van der Waals surface area contributed by atoms with Crippen LogP contribution in [0.5, 0.6) is 0 Å². The first kappa shape index (κ1) is 15.0. The molecule has 0 aromatic carbocycles. The topological polar surface area (TPSA) is 86.7 Å². The van der Waals surface area contributed by atoms with Gasteiger partial charge < -0.3 is 9.47 Å². The molecule has 1 aliphatic rings. The van der Waals surface area contributed by atoms with E-state index in [-0.39, 0.29) is 11.5 Å². The summed E-state index contributed by atoms with van der Waals surface area (Å²) in [5, 5.41) is -1.17. The number of ether oxygens (including phenoxy) is 2. The molecule has 1 saturated heterocycles. The summed E-state index contributed by atoms with van der Waals surface area (Å²) in [4.78, 5) is 44.5. The van der Waals surface area contributed by atoms with E-state index in [0.29, 0.717) is 0 Å². The van der Waals surface area contributed by atoms with Crippen molar-refractivity contribution < 1.29 is 28.7 Å². The second-order valence-corrected chi connectivity index (χ2v) is 5.48. The molecule has 0 radical (unpaired) electrons. The highest BCUT2D eigenvalue weighted by Gasteiger charge is 2.33. The summed E-state index contributed by atoms with van der Waals surface area (Å²) in [6.45, 7) is 2.46. The van der Waals surface area contributed by atoms with Gasteiger partial charge in [-0.2, -0.15) is 0 Å². The maximum Gasteiger partial charge on any atom is 0.303 e. The second kappa shape index (κ2) is 6.79. The standard InChI is InChI=1S/C10H12O6S2/c1-5(11)15-7-3-17-9(13)10(14)18-4-8(7)16-6(2)12/h7-8H,3-4H2,1-2H3/t7-,8-/m1/s1. The summed E-state index contributed by atoms with van der Waals surface area (Å²) >= 11 is 1.53. The van der Waals surface area contributed by atoms with Crippen molar-refractivity contribution in [3.63, 3.8) is 0 Å². The van der Waals surface area contributed by atoms with Gasteiger partial charge in [0.05, 0.1) is 0 Å². The Balaban J connectivity index is 2.78. The third kappa shape index (κ3) is 4.69. The number of hydrogen-bond acceptors (Lipinski definition) is 8. The van der Waals surface area contributed by atoms with Crippen molar-refractivity contribution in [1.29, 1.82) is 0 Å². The lowest BCUT2D eigenvalue weighted by molar-refractivity contribution is -0.161. The van der Waals surface area contributed by atoms with Crippen LogP contribution in [0.2, 0.25) is 0 Å². The Kier molecular flexibility index (Phi) is 5.67. The highest BCUT2D eigenvalue weighted by atomic mass is 32.2. The molecule has 6 nitrogen and oxygen atoms in total. The van der Waals surface area contributed by atoms with E-state index in [2.05, 4.69) is 0 Å². The molecule has 0 unspecified atom stereocenters. The van der Waals surface area contributed by atoms with Crippen LogP contribution >= 0.6 is 23.5 Å². The van der Waals surface area contributed by atoms with Gasteiger partial charge in [-0.25, -0.2) is 0 Å². The molecule has 0 amide bonds. The molecule has 0 aromatic rings. The van der Waals surface area contributed by atoms with Gasteiger partial charge in [-0.05, 0) is 0 Å². The minimum atomic E-state index is -0.721. The molecule has 0 bridgehead atoms. The fraction of sp³-hybridized carbons (Fsp3) is 0.600. The van der Waals surface area contributed by atoms with E-state index in [9.17, 15) is 19.2 Å². The van der Waals surface area contributed by atoms with Crippen molar-refractivity contribution in [3.05, 3.63) is 0 Å². The van der Waals surface area contributed by atoms with Gasteiger partial charge in [0.15, 0.2) is 0 Å². The highest BCUT2D eigenvalue weighted by Crippen LogP contribution is 2.23. The highest BCUT2D eigenvalue weighted by molar-refractivity contribution is 8.24. The molecule has 0 aliphatic carbocycles. The molecule has 1 fully saturated rings. The van der Waals surface area contributed by atoms with Crippen LogP contribution in [0, 0.1) is 0 Å². The molecular weight excluding hydrogens is 280 g/mol. The number of thioether (sulfide) groups is 2. The minimum absolute atomic E-state index is 0.0999. The molecular formula is C10H12O6S2. The predicted octanol–water partition coefficient (Wildman–Crippen LogP) is 0.383. The molecule has 0 spiro atoms. The molecule has 1 heterocycles. The van der Waals surface area contributed by atoms with Gasteiger partial charge in [-0.1, -0.05) is 23.5 Å². The molecule has 1 aliphatic heterocycles. The average Bonchev–Trinajstić information content (AvgIpc) is 2.26. The van der Waals surface area contributed by atoms with Gasteiger partial charge in [0.1, 0.15) is 12.2 Å². The number of rotatable bonds is 2. The zero-order valence-corrected chi connectivity index (χ0v) is 11.5. The first-order chi connectivity index (χ1) is 8.40. The van der Waals surface area contributed by atoms with Crippen molar-refractivity contribution in [2.24, 2.45) is 0 Å². The number of esters is 2. The van der Waals surface area contributed by atoms with E-state index in [1.807, 2.05) is 0 Å². The largest absolute Gasteiger partial charge is 0.458 e. The predicted molar refractivity (Wildman–Crippen MR) is 66.0 cm³/mol. The minimum Gasteiger partial charge on any atom is -0.458 e. The van der Waals surface area contributed by atoms with E-state index in [4.69, 9.17) is 9.47 Å². The summed E-state index contributed by atoms with van der Waals surface area (Å²) in [7, 11) is 0. The van der Waals surface area contributed by atoms with Crippen LogP contribution in [-0.2, 0) is 28.7 Å². The summed E-state index contributed by atoms with van der Waals surface area (Å²) < 4.78 is 10.0. The van der Waals surface area contributed by atoms with Gasteiger partial charge in [-0.3, -0.25) is 19.2 Å². The molecule has 1 rings (SSSR count). The molecule has 0 N–H and O–H groups in total. The van der Waals surface area contributed by atoms with Crippen molar-refractivity contribution in [3.8, 4) is 0 Å². The SMILES string of the molecule is CC(=O)O[C@@H]1CSC(=O)C(=O)SC[C@H]1OC(C)=O. The summed E-state index contributed by atoms with van der Waals surface area (Å²) in [6, 6.07) is 0. The van der Waals surface area contributed by atoms with E-state index >= 15 is 0 Å². The van der Waals surface area contributed by atoms with Crippen LogP contribution in [0.4, 0.5) is 0 Å². The van der Waals surface area contributed by atoms with Crippen LogP contribution in [0.3, 0.4) is 0 Å². The van der Waals surface area contributed by atoms with Crippen LogP contribution in [0.25, 0.3) is 0 Å². The smallest absolute Gasteiger partial charge is 0.303 e. The molecule has 8 heteroatoms. The monoisotopic (exact) mass is 292 g/mol. The molecule has 2 atom stereocenters. The van der Waals surface area contributed by atoms with Gasteiger partial charge in [-0.15, -0.1) is 0 Å². The normalized spacial score (nSPS) is 25.0. The van der Waals surface area contributed by atoms with Gasteiger partial charge >= 0.3 is 11.9 Å². The maximum atomic E-state index is 11.3. The number of carbonyl (C=O) groups excluding carboxylic acids is 4. The Morgan fingerprint density at radius 1 is 0.944 bits per heavy atom. The van der Waals surface area contributed by atoms with Gasteiger partial charge in [0.2, 0.25) is 0 Å². The third-order valence-corrected chi connectivity index (χ3v) is 3.99. The van der Waals surface area contributed by atoms with Crippen molar-refractivity contribution in [2.45, 2.75) is 26.1 Å². The molecule has 0 saturated carbocycles. The fourth-order valence-corrected chi connectivity index (χ4v) is 3.08. The van der Waals surface area contributed by atoms with Gasteiger partial charge in [0.25, 0.3) is 10.2 Å². The van der Waals surface area contributed by atoms with Crippen LogP contribution < -0.4 is 0 Å². The summed E-state index contributed by atoms with van der Waals surface area (Å²) in [5.41, 5.74) is 0. The van der Waals surface area contributed by atoms with Crippen LogP contribution in [0.1, 0.15) is 13.8 Å². The van der Waals surface area contributed by atoms with Crippen molar-refractivity contribution >= 4 is 45.7 Å². The maximum absolute atomic E-state index is 11.3. The second-order valence-electron chi connectivity index (χ2n) is 3.49. The Morgan fingerprint density at radius 2 is 1.28 bits per heavy atom. The Bertz CT molecular complexity index is 345. The van der Waals surface area contributed by atoms with Crippen molar-refractivity contribution in [1.82, 2.24) is 0 Å². The van der Waals surface area contributed by atoms with Gasteiger partial charge in [0, 0.05) is 25.4 Å². The lowest BCUT2D eigenvalue weighted by atomic mass is 10.2. The lowest BCUT2D eigenvalue weighted by Crippen LogP contribution is -2.40. The average molecular weight is 292 g/mol. The van der Waals surface area contributed by atoms with E-state index < -0.39 is 34.4 Å². The zero-order valence-electron chi connectivity index (χ0n) is 9.83. The fourth-order valence-electron chi connectivity index (χ4n) is 1.29. The molecule has 0 aromatic heterocycles. The lowest BCUT2D eigenvalue weighted by Gasteiger charge is -2.26. The number of hydrogen-bond donors (Lipinski definition) is 0. The Morgan fingerprint density at radius 3 is 1.56 bits per heavy atom. The van der Waals surface area contributed by atoms with E-state index in [1.165, 1.54) is 13.8 Å². The first-order valence-corrected chi connectivity index (χ1v) is 7.05. The first-order valence-electron chi connectivity index (χ1n) is 5.08. The van der Waals surface area contributed by atoms with E-state index in [0.717, 1.165) is 23.5 Å². The number of carbonyl (C=O) groups is 4.